The summed E-state index contributed by atoms with van der Waals surface area (Å²) in [4.78, 5) is 0.158. The van der Waals surface area contributed by atoms with Crippen molar-refractivity contribution in [3.63, 3.8) is 0 Å². The SMILES string of the molecule is CC(C)(CN)c1ccc(S(C)(=O)=O)c(Cl)c1. The lowest BCUT2D eigenvalue weighted by atomic mass is 9.85. The molecule has 5 heteroatoms. The van der Waals surface area contributed by atoms with Crippen LogP contribution in [0.3, 0.4) is 0 Å². The highest BCUT2D eigenvalue weighted by Gasteiger charge is 2.21. The molecule has 0 heterocycles. The molecule has 3 nitrogen and oxygen atoms in total. The van der Waals surface area contributed by atoms with Crippen LogP contribution in [-0.4, -0.2) is 21.2 Å². The molecule has 1 rings (SSSR count). The lowest BCUT2D eigenvalue weighted by Gasteiger charge is -2.23. The monoisotopic (exact) mass is 261 g/mol. The van der Waals surface area contributed by atoms with Crippen LogP contribution in [0.1, 0.15) is 19.4 Å². The van der Waals surface area contributed by atoms with E-state index in [1.807, 2.05) is 13.8 Å². The van der Waals surface area contributed by atoms with Crippen molar-refractivity contribution in [1.82, 2.24) is 0 Å². The molecule has 1 aromatic rings. The molecule has 2 N–H and O–H groups in total. The first kappa shape index (κ1) is 13.5. The molecule has 0 amide bonds. The normalized spacial score (nSPS) is 12.8. The van der Waals surface area contributed by atoms with Crippen LogP contribution in [0, 0.1) is 0 Å². The van der Waals surface area contributed by atoms with E-state index in [4.69, 9.17) is 17.3 Å². The van der Waals surface area contributed by atoms with Gasteiger partial charge in [0.25, 0.3) is 0 Å². The predicted molar refractivity (Wildman–Crippen MR) is 66.6 cm³/mol. The Hall–Kier alpha value is -0.580. The summed E-state index contributed by atoms with van der Waals surface area (Å²) in [6.45, 7) is 4.44. The van der Waals surface area contributed by atoms with Gasteiger partial charge < -0.3 is 5.73 Å². The zero-order valence-corrected chi connectivity index (χ0v) is 11.2. The number of halogens is 1. The van der Waals surface area contributed by atoms with Crippen LogP contribution in [0.25, 0.3) is 0 Å². The second kappa shape index (κ2) is 4.35. The lowest BCUT2D eigenvalue weighted by Crippen LogP contribution is -2.28. The van der Waals surface area contributed by atoms with E-state index in [1.54, 1.807) is 12.1 Å². The molecule has 0 aliphatic carbocycles. The van der Waals surface area contributed by atoms with Gasteiger partial charge in [0.1, 0.15) is 0 Å². The van der Waals surface area contributed by atoms with Crippen molar-refractivity contribution in [2.24, 2.45) is 5.73 Å². The highest BCUT2D eigenvalue weighted by Crippen LogP contribution is 2.28. The fourth-order valence-electron chi connectivity index (χ4n) is 1.34. The molecule has 16 heavy (non-hydrogen) atoms. The third kappa shape index (κ3) is 2.75. The largest absolute Gasteiger partial charge is 0.330 e. The van der Waals surface area contributed by atoms with Gasteiger partial charge in [0.05, 0.1) is 9.92 Å². The average Bonchev–Trinajstić information content (AvgIpc) is 2.15. The van der Waals surface area contributed by atoms with Crippen LogP contribution in [0.5, 0.6) is 0 Å². The fraction of sp³-hybridized carbons (Fsp3) is 0.455. The van der Waals surface area contributed by atoms with Gasteiger partial charge in [0.15, 0.2) is 9.84 Å². The minimum Gasteiger partial charge on any atom is -0.330 e. The molecule has 0 aromatic heterocycles. The van der Waals surface area contributed by atoms with Gasteiger partial charge in [0.2, 0.25) is 0 Å². The molecule has 1 aromatic carbocycles. The zero-order valence-electron chi connectivity index (χ0n) is 9.62. The van der Waals surface area contributed by atoms with Crippen molar-refractivity contribution >= 4 is 21.4 Å². The Bertz CT molecular complexity index is 495. The average molecular weight is 262 g/mol. The van der Waals surface area contributed by atoms with Crippen molar-refractivity contribution in [2.45, 2.75) is 24.2 Å². The van der Waals surface area contributed by atoms with Crippen molar-refractivity contribution in [3.8, 4) is 0 Å². The number of benzene rings is 1. The predicted octanol–water partition coefficient (Wildman–Crippen LogP) is 1.98. The topological polar surface area (TPSA) is 60.2 Å². The molecular formula is C11H16ClNO2S. The van der Waals surface area contributed by atoms with E-state index in [9.17, 15) is 8.42 Å². The van der Waals surface area contributed by atoms with Crippen molar-refractivity contribution in [2.75, 3.05) is 12.8 Å². The molecule has 0 aliphatic heterocycles. The number of nitrogens with two attached hydrogens (primary N) is 1. The van der Waals surface area contributed by atoms with Crippen LogP contribution in [0.2, 0.25) is 5.02 Å². The summed E-state index contributed by atoms with van der Waals surface area (Å²) in [5.74, 6) is 0. The summed E-state index contributed by atoms with van der Waals surface area (Å²) in [5.41, 5.74) is 6.38. The van der Waals surface area contributed by atoms with Crippen molar-refractivity contribution in [1.29, 1.82) is 0 Å². The van der Waals surface area contributed by atoms with Crippen molar-refractivity contribution in [3.05, 3.63) is 28.8 Å². The van der Waals surface area contributed by atoms with Crippen LogP contribution in [-0.2, 0) is 15.3 Å². The van der Waals surface area contributed by atoms with Crippen LogP contribution < -0.4 is 5.73 Å². The summed E-state index contributed by atoms with van der Waals surface area (Å²) in [7, 11) is -3.27. The minimum atomic E-state index is -3.27. The van der Waals surface area contributed by atoms with E-state index in [2.05, 4.69) is 0 Å². The zero-order chi connectivity index (χ0) is 12.6. The number of sulfone groups is 1. The Morgan fingerprint density at radius 2 is 1.94 bits per heavy atom. The first-order chi connectivity index (χ1) is 7.18. The van der Waals surface area contributed by atoms with E-state index >= 15 is 0 Å². The van der Waals surface area contributed by atoms with Gasteiger partial charge in [-0.25, -0.2) is 8.42 Å². The molecule has 0 radical (unpaired) electrons. The summed E-state index contributed by atoms with van der Waals surface area (Å²) < 4.78 is 22.8. The maximum atomic E-state index is 11.4. The van der Waals surface area contributed by atoms with Gasteiger partial charge in [-0.2, -0.15) is 0 Å². The van der Waals surface area contributed by atoms with Crippen LogP contribution in [0.15, 0.2) is 23.1 Å². The standard InChI is InChI=1S/C11H16ClNO2S/c1-11(2,7-13)8-4-5-10(9(12)6-8)16(3,14)15/h4-6H,7,13H2,1-3H3. The van der Waals surface area contributed by atoms with Crippen LogP contribution in [0.4, 0.5) is 0 Å². The maximum Gasteiger partial charge on any atom is 0.176 e. The van der Waals surface area contributed by atoms with E-state index in [0.717, 1.165) is 11.8 Å². The van der Waals surface area contributed by atoms with E-state index in [0.29, 0.717) is 6.54 Å². The van der Waals surface area contributed by atoms with Crippen molar-refractivity contribution < 1.29 is 8.42 Å². The summed E-state index contributed by atoms with van der Waals surface area (Å²) in [6, 6.07) is 4.96. The summed E-state index contributed by atoms with van der Waals surface area (Å²) in [6.07, 6.45) is 1.14. The van der Waals surface area contributed by atoms with Gasteiger partial charge in [-0.3, -0.25) is 0 Å². The molecule has 0 saturated heterocycles. The van der Waals surface area contributed by atoms with E-state index < -0.39 is 9.84 Å². The second-order valence-electron chi connectivity index (χ2n) is 4.51. The molecule has 0 bridgehead atoms. The third-order valence-corrected chi connectivity index (χ3v) is 4.20. The summed E-state index contributed by atoms with van der Waals surface area (Å²) >= 11 is 5.96. The fourth-order valence-corrected chi connectivity index (χ4v) is 2.67. The maximum absolute atomic E-state index is 11.4. The highest BCUT2D eigenvalue weighted by molar-refractivity contribution is 7.90. The number of hydrogen-bond acceptors (Lipinski definition) is 3. The second-order valence-corrected chi connectivity index (χ2v) is 6.90. The highest BCUT2D eigenvalue weighted by atomic mass is 35.5. The van der Waals surface area contributed by atoms with Gasteiger partial charge >= 0.3 is 0 Å². The van der Waals surface area contributed by atoms with Gasteiger partial charge in [0, 0.05) is 18.2 Å². The third-order valence-electron chi connectivity index (χ3n) is 2.62. The number of rotatable bonds is 3. The Labute approximate surface area is 102 Å². The Morgan fingerprint density at radius 1 is 1.38 bits per heavy atom. The van der Waals surface area contributed by atoms with E-state index in [-0.39, 0.29) is 15.3 Å². The molecule has 0 spiro atoms. The first-order valence-corrected chi connectivity index (χ1v) is 7.15. The van der Waals surface area contributed by atoms with Gasteiger partial charge in [-0.15, -0.1) is 0 Å². The molecule has 0 unspecified atom stereocenters. The Kier molecular flexibility index (Phi) is 3.67. The van der Waals surface area contributed by atoms with E-state index in [1.165, 1.54) is 6.07 Å². The molecule has 90 valence electrons. The van der Waals surface area contributed by atoms with Crippen LogP contribution >= 0.6 is 11.6 Å². The summed E-state index contributed by atoms with van der Waals surface area (Å²) in [5, 5.41) is 0.251. The molecule has 0 fully saturated rings. The quantitative estimate of drug-likeness (QED) is 0.905. The molecular weight excluding hydrogens is 246 g/mol. The molecule has 0 aliphatic rings. The lowest BCUT2D eigenvalue weighted by molar-refractivity contribution is 0.538. The minimum absolute atomic E-state index is 0.158. The smallest absolute Gasteiger partial charge is 0.176 e. The number of hydrogen-bond donors (Lipinski definition) is 1. The van der Waals surface area contributed by atoms with Gasteiger partial charge in [-0.05, 0) is 17.7 Å². The molecule has 0 saturated carbocycles. The Morgan fingerprint density at radius 3 is 2.31 bits per heavy atom. The van der Waals surface area contributed by atoms with Gasteiger partial charge in [-0.1, -0.05) is 31.5 Å². The first-order valence-electron chi connectivity index (χ1n) is 4.88. The Balaban J connectivity index is 3.30. The molecule has 0 atom stereocenters.